The van der Waals surface area contributed by atoms with Gasteiger partial charge in [-0.3, -0.25) is 9.59 Å². The molecule has 0 aliphatic carbocycles. The molecule has 3 rings (SSSR count). The molecule has 0 radical (unpaired) electrons. The van der Waals surface area contributed by atoms with Crippen molar-refractivity contribution < 1.29 is 9.59 Å². The fourth-order valence-electron chi connectivity index (χ4n) is 3.20. The first-order chi connectivity index (χ1) is 12.2. The lowest BCUT2D eigenvalue weighted by Crippen LogP contribution is -2.45. The Morgan fingerprint density at radius 2 is 2.08 bits per heavy atom. The Labute approximate surface area is 147 Å². The number of hydrogen-bond acceptors (Lipinski definition) is 3. The number of likely N-dealkylation sites (tertiary alicyclic amines) is 1. The number of rotatable bonds is 6. The van der Waals surface area contributed by atoms with Gasteiger partial charge >= 0.3 is 0 Å². The van der Waals surface area contributed by atoms with Crippen molar-refractivity contribution >= 4 is 11.8 Å². The third-order valence-corrected chi connectivity index (χ3v) is 4.55. The first kappa shape index (κ1) is 17.2. The molecule has 1 saturated heterocycles. The van der Waals surface area contributed by atoms with Crippen LogP contribution in [0.25, 0.3) is 5.69 Å². The van der Waals surface area contributed by atoms with Gasteiger partial charge in [0, 0.05) is 37.6 Å². The molecular weight excluding hydrogens is 316 g/mol. The number of aromatic nitrogens is 2. The first-order valence-electron chi connectivity index (χ1n) is 8.83. The molecule has 1 atom stereocenters. The van der Waals surface area contributed by atoms with E-state index in [0.29, 0.717) is 19.5 Å². The van der Waals surface area contributed by atoms with Gasteiger partial charge in [0.1, 0.15) is 6.04 Å². The van der Waals surface area contributed by atoms with Gasteiger partial charge in [0.25, 0.3) is 0 Å². The zero-order valence-electron chi connectivity index (χ0n) is 14.5. The summed E-state index contributed by atoms with van der Waals surface area (Å²) in [5.74, 6) is 0.0328. The van der Waals surface area contributed by atoms with Crippen molar-refractivity contribution in [3.8, 4) is 5.69 Å². The molecule has 1 aromatic carbocycles. The van der Waals surface area contributed by atoms with E-state index in [1.54, 1.807) is 17.4 Å². The van der Waals surface area contributed by atoms with Gasteiger partial charge in [-0.1, -0.05) is 19.1 Å². The summed E-state index contributed by atoms with van der Waals surface area (Å²) in [5, 5.41) is 2.97. The summed E-state index contributed by atoms with van der Waals surface area (Å²) in [6.07, 6.45) is 8.35. The second-order valence-electron chi connectivity index (χ2n) is 6.35. The normalized spacial score (nSPS) is 16.8. The Morgan fingerprint density at radius 1 is 1.28 bits per heavy atom. The van der Waals surface area contributed by atoms with Crippen LogP contribution < -0.4 is 5.32 Å². The molecule has 132 valence electrons. The molecule has 2 aromatic rings. The molecule has 6 heteroatoms. The van der Waals surface area contributed by atoms with Crippen molar-refractivity contribution in [1.82, 2.24) is 19.8 Å². The van der Waals surface area contributed by atoms with E-state index < -0.39 is 0 Å². The van der Waals surface area contributed by atoms with Crippen LogP contribution >= 0.6 is 0 Å². The van der Waals surface area contributed by atoms with Gasteiger partial charge < -0.3 is 14.8 Å². The SMILES string of the molecule is CCCC(=O)N1CCC[C@H]1C(=O)NCc1ccc(-n2ccnc2)cc1. The van der Waals surface area contributed by atoms with Gasteiger partial charge in [-0.25, -0.2) is 4.98 Å². The van der Waals surface area contributed by atoms with Gasteiger partial charge in [-0.2, -0.15) is 0 Å². The summed E-state index contributed by atoms with van der Waals surface area (Å²) >= 11 is 0. The smallest absolute Gasteiger partial charge is 0.243 e. The van der Waals surface area contributed by atoms with Crippen LogP contribution in [0.3, 0.4) is 0 Å². The number of imidazole rings is 1. The third-order valence-electron chi connectivity index (χ3n) is 4.55. The highest BCUT2D eigenvalue weighted by atomic mass is 16.2. The van der Waals surface area contributed by atoms with E-state index >= 15 is 0 Å². The summed E-state index contributed by atoms with van der Waals surface area (Å²) in [5.41, 5.74) is 2.06. The van der Waals surface area contributed by atoms with Crippen LogP contribution in [0.15, 0.2) is 43.0 Å². The van der Waals surface area contributed by atoms with Crippen molar-refractivity contribution in [2.75, 3.05) is 6.54 Å². The highest BCUT2D eigenvalue weighted by Crippen LogP contribution is 2.19. The van der Waals surface area contributed by atoms with Crippen molar-refractivity contribution in [1.29, 1.82) is 0 Å². The molecule has 1 aliphatic rings. The average Bonchev–Trinajstić information content (AvgIpc) is 3.32. The minimum atomic E-state index is -0.315. The number of carbonyl (C=O) groups is 2. The van der Waals surface area contributed by atoms with Crippen LogP contribution in [0.2, 0.25) is 0 Å². The number of carbonyl (C=O) groups excluding carboxylic acids is 2. The lowest BCUT2D eigenvalue weighted by Gasteiger charge is -2.24. The highest BCUT2D eigenvalue weighted by Gasteiger charge is 2.33. The second-order valence-corrected chi connectivity index (χ2v) is 6.35. The number of nitrogens with zero attached hydrogens (tertiary/aromatic N) is 3. The molecule has 2 heterocycles. The fraction of sp³-hybridized carbons (Fsp3) is 0.421. The third kappa shape index (κ3) is 4.07. The number of amides is 2. The average molecular weight is 340 g/mol. The maximum Gasteiger partial charge on any atom is 0.243 e. The monoisotopic (exact) mass is 340 g/mol. The summed E-state index contributed by atoms with van der Waals surface area (Å²) in [6, 6.07) is 7.66. The van der Waals surface area contributed by atoms with Gasteiger partial charge in [-0.05, 0) is 37.0 Å². The number of benzene rings is 1. The largest absolute Gasteiger partial charge is 0.350 e. The Balaban J connectivity index is 1.56. The summed E-state index contributed by atoms with van der Waals surface area (Å²) < 4.78 is 1.93. The van der Waals surface area contributed by atoms with Crippen LogP contribution in [-0.4, -0.2) is 38.9 Å². The molecule has 2 amide bonds. The maximum absolute atomic E-state index is 12.5. The Morgan fingerprint density at radius 3 is 2.76 bits per heavy atom. The van der Waals surface area contributed by atoms with E-state index in [2.05, 4.69) is 10.3 Å². The Hall–Kier alpha value is -2.63. The standard InChI is InChI=1S/C19H24N4O2/c1-2-4-18(24)23-11-3-5-17(23)19(25)21-13-15-6-8-16(9-7-15)22-12-10-20-14-22/h6-10,12,14,17H,2-5,11,13H2,1H3,(H,21,25)/t17-/m0/s1. The van der Waals surface area contributed by atoms with Gasteiger partial charge in [0.15, 0.2) is 0 Å². The molecule has 0 unspecified atom stereocenters. The topological polar surface area (TPSA) is 67.2 Å². The van der Waals surface area contributed by atoms with Gasteiger partial charge in [-0.15, -0.1) is 0 Å². The van der Waals surface area contributed by atoms with E-state index in [1.165, 1.54) is 0 Å². The molecule has 25 heavy (non-hydrogen) atoms. The van der Waals surface area contributed by atoms with Gasteiger partial charge in [0.2, 0.25) is 11.8 Å². The van der Waals surface area contributed by atoms with E-state index in [9.17, 15) is 9.59 Å². The van der Waals surface area contributed by atoms with Crippen molar-refractivity contribution in [2.24, 2.45) is 0 Å². The lowest BCUT2D eigenvalue weighted by molar-refractivity contribution is -0.138. The summed E-state index contributed by atoms with van der Waals surface area (Å²) in [4.78, 5) is 30.4. The Kier molecular flexibility index (Phi) is 5.48. The zero-order chi connectivity index (χ0) is 17.6. The predicted octanol–water partition coefficient (Wildman–Crippen LogP) is 2.28. The fourth-order valence-corrected chi connectivity index (χ4v) is 3.20. The lowest BCUT2D eigenvalue weighted by atomic mass is 10.1. The molecule has 0 saturated carbocycles. The summed E-state index contributed by atoms with van der Waals surface area (Å²) in [6.45, 7) is 3.14. The second kappa shape index (κ2) is 7.96. The number of hydrogen-bond donors (Lipinski definition) is 1. The maximum atomic E-state index is 12.5. The molecular formula is C19H24N4O2. The summed E-state index contributed by atoms with van der Waals surface area (Å²) in [7, 11) is 0. The van der Waals surface area contributed by atoms with E-state index in [4.69, 9.17) is 0 Å². The van der Waals surface area contributed by atoms with E-state index in [1.807, 2.05) is 42.0 Å². The Bertz CT molecular complexity index is 710. The van der Waals surface area contributed by atoms with Crippen molar-refractivity contribution in [2.45, 2.75) is 45.2 Å². The molecule has 6 nitrogen and oxygen atoms in total. The van der Waals surface area contributed by atoms with Crippen LogP contribution in [-0.2, 0) is 16.1 Å². The first-order valence-corrected chi connectivity index (χ1v) is 8.83. The van der Waals surface area contributed by atoms with Crippen molar-refractivity contribution in [3.63, 3.8) is 0 Å². The number of nitrogens with one attached hydrogen (secondary N) is 1. The highest BCUT2D eigenvalue weighted by molar-refractivity contribution is 5.88. The van der Waals surface area contributed by atoms with Crippen LogP contribution in [0.4, 0.5) is 0 Å². The minimum Gasteiger partial charge on any atom is -0.350 e. The van der Waals surface area contributed by atoms with Gasteiger partial charge in [0.05, 0.1) is 6.33 Å². The molecule has 1 aromatic heterocycles. The van der Waals surface area contributed by atoms with Crippen LogP contribution in [0, 0.1) is 0 Å². The van der Waals surface area contributed by atoms with Crippen LogP contribution in [0.5, 0.6) is 0 Å². The molecule has 0 spiro atoms. The van der Waals surface area contributed by atoms with Crippen LogP contribution in [0.1, 0.15) is 38.2 Å². The molecule has 1 aliphatic heterocycles. The van der Waals surface area contributed by atoms with Crippen molar-refractivity contribution in [3.05, 3.63) is 48.5 Å². The predicted molar refractivity (Wildman–Crippen MR) is 95.1 cm³/mol. The zero-order valence-corrected chi connectivity index (χ0v) is 14.5. The molecule has 1 N–H and O–H groups in total. The van der Waals surface area contributed by atoms with E-state index in [-0.39, 0.29) is 17.9 Å². The van der Waals surface area contributed by atoms with E-state index in [0.717, 1.165) is 30.5 Å². The molecule has 0 bridgehead atoms. The minimum absolute atomic E-state index is 0.0550. The molecule has 1 fully saturated rings. The quantitative estimate of drug-likeness (QED) is 0.877.